The van der Waals surface area contributed by atoms with Crippen molar-refractivity contribution in [3.63, 3.8) is 0 Å². The summed E-state index contributed by atoms with van der Waals surface area (Å²) in [5.74, 6) is -0.0877. The van der Waals surface area contributed by atoms with Crippen LogP contribution in [0.4, 0.5) is 0 Å². The molecular formula is C23H19BrN2O4. The van der Waals surface area contributed by atoms with Crippen LogP contribution in [-0.2, 0) is 0 Å². The van der Waals surface area contributed by atoms with Gasteiger partial charge < -0.3 is 9.47 Å². The Morgan fingerprint density at radius 2 is 1.73 bits per heavy atom. The maximum Gasteiger partial charge on any atom is 0.343 e. The number of amides is 1. The predicted octanol–water partition coefficient (Wildman–Crippen LogP) is 4.83. The van der Waals surface area contributed by atoms with Crippen molar-refractivity contribution in [2.75, 3.05) is 6.61 Å². The van der Waals surface area contributed by atoms with E-state index in [9.17, 15) is 9.59 Å². The molecule has 0 heterocycles. The number of hydrogen-bond acceptors (Lipinski definition) is 5. The molecule has 0 atom stereocenters. The summed E-state index contributed by atoms with van der Waals surface area (Å²) in [6.07, 6.45) is 1.49. The summed E-state index contributed by atoms with van der Waals surface area (Å²) in [6.45, 7) is 2.23. The first-order valence-electron chi connectivity index (χ1n) is 9.20. The predicted molar refractivity (Wildman–Crippen MR) is 118 cm³/mol. The molecule has 0 fully saturated rings. The molecule has 7 heteroatoms. The third-order valence-corrected chi connectivity index (χ3v) is 4.44. The van der Waals surface area contributed by atoms with Gasteiger partial charge in [-0.05, 0) is 61.0 Å². The van der Waals surface area contributed by atoms with Crippen LogP contribution in [0.15, 0.2) is 82.4 Å². The molecule has 0 aromatic heterocycles. The number of nitrogens with one attached hydrogen (secondary N) is 1. The Hall–Kier alpha value is -3.45. The summed E-state index contributed by atoms with van der Waals surface area (Å²) in [4.78, 5) is 24.4. The van der Waals surface area contributed by atoms with Crippen molar-refractivity contribution >= 4 is 34.0 Å². The average molecular weight is 467 g/mol. The lowest BCUT2D eigenvalue weighted by Crippen LogP contribution is -2.17. The van der Waals surface area contributed by atoms with E-state index in [4.69, 9.17) is 9.47 Å². The van der Waals surface area contributed by atoms with Crippen LogP contribution in [0.1, 0.15) is 33.2 Å². The van der Waals surface area contributed by atoms with Gasteiger partial charge in [-0.1, -0.05) is 40.2 Å². The van der Waals surface area contributed by atoms with Crippen molar-refractivity contribution in [3.8, 4) is 11.5 Å². The molecule has 0 saturated carbocycles. The first-order chi connectivity index (χ1) is 14.6. The van der Waals surface area contributed by atoms with E-state index in [1.54, 1.807) is 60.7 Å². The number of ether oxygens (including phenoxy) is 2. The molecule has 30 heavy (non-hydrogen) atoms. The highest BCUT2D eigenvalue weighted by Gasteiger charge is 2.13. The second kappa shape index (κ2) is 10.4. The van der Waals surface area contributed by atoms with Gasteiger partial charge >= 0.3 is 5.97 Å². The summed E-state index contributed by atoms with van der Waals surface area (Å²) in [5, 5.41) is 3.98. The zero-order chi connectivity index (χ0) is 21.3. The zero-order valence-electron chi connectivity index (χ0n) is 16.2. The standard InChI is InChI=1S/C23H19BrN2O4/c1-2-29-21-13-16(15-25-26-22(27)18-9-6-10-19(24)14-18)11-12-20(21)30-23(28)17-7-4-3-5-8-17/h3-15H,2H2,1H3,(H,26,27). The maximum absolute atomic E-state index is 12.3. The fourth-order valence-electron chi connectivity index (χ4n) is 2.55. The van der Waals surface area contributed by atoms with Gasteiger partial charge in [-0.15, -0.1) is 0 Å². The van der Waals surface area contributed by atoms with Gasteiger partial charge in [0.25, 0.3) is 5.91 Å². The lowest BCUT2D eigenvalue weighted by atomic mass is 10.2. The van der Waals surface area contributed by atoms with Gasteiger partial charge in [0.05, 0.1) is 18.4 Å². The van der Waals surface area contributed by atoms with E-state index in [1.807, 2.05) is 19.1 Å². The first-order valence-corrected chi connectivity index (χ1v) is 9.99. The quantitative estimate of drug-likeness (QED) is 0.234. The Labute approximate surface area is 182 Å². The van der Waals surface area contributed by atoms with Crippen LogP contribution < -0.4 is 14.9 Å². The molecule has 0 radical (unpaired) electrons. The third kappa shape index (κ3) is 5.78. The molecule has 0 spiro atoms. The van der Waals surface area contributed by atoms with Crippen LogP contribution in [0.25, 0.3) is 0 Å². The average Bonchev–Trinajstić information content (AvgIpc) is 2.76. The number of nitrogens with zero attached hydrogens (tertiary/aromatic N) is 1. The van der Waals surface area contributed by atoms with Crippen LogP contribution in [0, 0.1) is 0 Å². The molecule has 0 aliphatic carbocycles. The topological polar surface area (TPSA) is 77.0 Å². The van der Waals surface area contributed by atoms with E-state index in [0.29, 0.717) is 34.8 Å². The lowest BCUT2D eigenvalue weighted by Gasteiger charge is -2.11. The normalized spacial score (nSPS) is 10.6. The van der Waals surface area contributed by atoms with E-state index in [2.05, 4.69) is 26.5 Å². The summed E-state index contributed by atoms with van der Waals surface area (Å²) in [5.41, 5.74) is 4.08. The minimum Gasteiger partial charge on any atom is -0.490 e. The molecule has 0 saturated heterocycles. The second-order valence-electron chi connectivity index (χ2n) is 6.10. The fourth-order valence-corrected chi connectivity index (χ4v) is 2.95. The molecule has 3 rings (SSSR count). The maximum atomic E-state index is 12.3. The van der Waals surface area contributed by atoms with Crippen molar-refractivity contribution in [2.24, 2.45) is 5.10 Å². The Bertz CT molecular complexity index is 1070. The number of carbonyl (C=O) groups excluding carboxylic acids is 2. The Balaban J connectivity index is 1.70. The Kier molecular flexibility index (Phi) is 7.34. The molecule has 6 nitrogen and oxygen atoms in total. The molecule has 0 unspecified atom stereocenters. The first kappa shape index (κ1) is 21.3. The van der Waals surface area contributed by atoms with Gasteiger partial charge in [-0.3, -0.25) is 4.79 Å². The smallest absolute Gasteiger partial charge is 0.343 e. The van der Waals surface area contributed by atoms with Gasteiger partial charge in [0.2, 0.25) is 0 Å². The Morgan fingerprint density at radius 3 is 2.47 bits per heavy atom. The van der Waals surface area contributed by atoms with Crippen molar-refractivity contribution < 1.29 is 19.1 Å². The minimum absolute atomic E-state index is 0.307. The third-order valence-electron chi connectivity index (χ3n) is 3.95. The summed E-state index contributed by atoms with van der Waals surface area (Å²) < 4.78 is 11.9. The molecule has 0 bridgehead atoms. The minimum atomic E-state index is -0.473. The van der Waals surface area contributed by atoms with Crippen molar-refractivity contribution in [3.05, 3.63) is 94.0 Å². The SMILES string of the molecule is CCOc1cc(C=NNC(=O)c2cccc(Br)c2)ccc1OC(=O)c1ccccc1. The Morgan fingerprint density at radius 1 is 0.967 bits per heavy atom. The van der Waals surface area contributed by atoms with E-state index in [0.717, 1.165) is 4.47 Å². The monoisotopic (exact) mass is 466 g/mol. The van der Waals surface area contributed by atoms with Gasteiger partial charge in [-0.2, -0.15) is 5.10 Å². The number of benzene rings is 3. The van der Waals surface area contributed by atoms with Crippen LogP contribution in [0.2, 0.25) is 0 Å². The lowest BCUT2D eigenvalue weighted by molar-refractivity contribution is 0.0728. The zero-order valence-corrected chi connectivity index (χ0v) is 17.8. The molecule has 3 aromatic carbocycles. The number of hydrazone groups is 1. The van der Waals surface area contributed by atoms with E-state index in [1.165, 1.54) is 6.21 Å². The number of esters is 1. The highest BCUT2D eigenvalue weighted by molar-refractivity contribution is 9.10. The summed E-state index contributed by atoms with van der Waals surface area (Å²) >= 11 is 3.33. The van der Waals surface area contributed by atoms with Gasteiger partial charge in [0.1, 0.15) is 0 Å². The van der Waals surface area contributed by atoms with Gasteiger partial charge in [0, 0.05) is 10.0 Å². The molecule has 152 valence electrons. The van der Waals surface area contributed by atoms with Gasteiger partial charge in [-0.25, -0.2) is 10.2 Å². The summed E-state index contributed by atoms with van der Waals surface area (Å²) in [6, 6.07) is 20.7. The number of carbonyl (C=O) groups is 2. The van der Waals surface area contributed by atoms with Gasteiger partial charge in [0.15, 0.2) is 11.5 Å². The van der Waals surface area contributed by atoms with Crippen molar-refractivity contribution in [1.29, 1.82) is 0 Å². The highest BCUT2D eigenvalue weighted by atomic mass is 79.9. The number of hydrogen-bond donors (Lipinski definition) is 1. The van der Waals surface area contributed by atoms with E-state index >= 15 is 0 Å². The van der Waals surface area contributed by atoms with Crippen LogP contribution in [0.3, 0.4) is 0 Å². The highest BCUT2D eigenvalue weighted by Crippen LogP contribution is 2.29. The van der Waals surface area contributed by atoms with Crippen LogP contribution in [0.5, 0.6) is 11.5 Å². The van der Waals surface area contributed by atoms with Crippen molar-refractivity contribution in [2.45, 2.75) is 6.92 Å². The molecule has 0 aliphatic heterocycles. The summed E-state index contributed by atoms with van der Waals surface area (Å²) in [7, 11) is 0. The van der Waals surface area contributed by atoms with E-state index < -0.39 is 5.97 Å². The fraction of sp³-hybridized carbons (Fsp3) is 0.0870. The number of halogens is 1. The number of rotatable bonds is 7. The molecular weight excluding hydrogens is 448 g/mol. The van der Waals surface area contributed by atoms with Crippen LogP contribution in [-0.4, -0.2) is 24.7 Å². The molecule has 1 N–H and O–H groups in total. The molecule has 3 aromatic rings. The molecule has 0 aliphatic rings. The van der Waals surface area contributed by atoms with Crippen molar-refractivity contribution in [1.82, 2.24) is 5.43 Å². The molecule has 1 amide bonds. The second-order valence-corrected chi connectivity index (χ2v) is 7.02. The van der Waals surface area contributed by atoms with Crippen LogP contribution >= 0.6 is 15.9 Å². The van der Waals surface area contributed by atoms with E-state index in [-0.39, 0.29) is 5.91 Å². The largest absolute Gasteiger partial charge is 0.490 e.